The molecule has 1 N–H and O–H groups in total. The molecule has 0 aliphatic heterocycles. The quantitative estimate of drug-likeness (QED) is 0.541. The van der Waals surface area contributed by atoms with Gasteiger partial charge in [-0.25, -0.2) is 5.43 Å². The van der Waals surface area contributed by atoms with E-state index in [4.69, 9.17) is 37.4 Å². The van der Waals surface area contributed by atoms with E-state index in [9.17, 15) is 4.79 Å². The summed E-state index contributed by atoms with van der Waals surface area (Å²) in [5, 5.41) is 4.71. The largest absolute Gasteiger partial charge is 0.493 e. The van der Waals surface area contributed by atoms with Crippen LogP contribution < -0.4 is 19.6 Å². The van der Waals surface area contributed by atoms with Gasteiger partial charge in [0.15, 0.2) is 18.1 Å². The van der Waals surface area contributed by atoms with Crippen LogP contribution in [0.4, 0.5) is 0 Å². The molecule has 0 bridgehead atoms. The molecule has 0 unspecified atom stereocenters. The zero-order chi connectivity index (χ0) is 18.9. The fourth-order valence-electron chi connectivity index (χ4n) is 1.99. The van der Waals surface area contributed by atoms with Crippen LogP contribution in [0.15, 0.2) is 41.5 Å². The molecular formula is C18H18Cl2N2O4. The molecule has 0 aromatic heterocycles. The van der Waals surface area contributed by atoms with Crippen LogP contribution in [0, 0.1) is 0 Å². The number of carbonyl (C=O) groups is 1. The summed E-state index contributed by atoms with van der Waals surface area (Å²) in [5.74, 6) is 1.17. The smallest absolute Gasteiger partial charge is 0.277 e. The molecule has 2 aromatic rings. The number of benzene rings is 2. The molecule has 0 atom stereocenters. The molecule has 2 rings (SSSR count). The van der Waals surface area contributed by atoms with Crippen LogP contribution in [0.3, 0.4) is 0 Å². The Balaban J connectivity index is 1.89. The SMILES string of the molecule is CCOc1cc(/C=N\NC(=O)COc2ccc(Cl)cc2Cl)ccc1OC. The standard InChI is InChI=1S/C18H18Cl2N2O4/c1-3-25-17-8-12(4-6-16(17)24-2)10-21-22-18(23)11-26-15-7-5-13(19)9-14(15)20/h4-10H,3,11H2,1-2H3,(H,22,23)/b21-10-. The maximum atomic E-state index is 11.8. The van der Waals surface area contributed by atoms with Crippen molar-refractivity contribution < 1.29 is 19.0 Å². The number of rotatable bonds is 8. The third kappa shape index (κ3) is 5.82. The van der Waals surface area contributed by atoms with E-state index in [2.05, 4.69) is 10.5 Å². The van der Waals surface area contributed by atoms with Crippen molar-refractivity contribution in [2.75, 3.05) is 20.3 Å². The lowest BCUT2D eigenvalue weighted by Gasteiger charge is -2.09. The molecular weight excluding hydrogens is 379 g/mol. The van der Waals surface area contributed by atoms with Gasteiger partial charge in [0.25, 0.3) is 5.91 Å². The highest BCUT2D eigenvalue weighted by Crippen LogP contribution is 2.28. The molecule has 0 heterocycles. The molecule has 26 heavy (non-hydrogen) atoms. The minimum absolute atomic E-state index is 0.231. The van der Waals surface area contributed by atoms with Crippen LogP contribution in [0.25, 0.3) is 0 Å². The number of nitrogens with one attached hydrogen (secondary N) is 1. The second-order valence-corrected chi connectivity index (χ2v) is 5.84. The Hall–Kier alpha value is -2.44. The lowest BCUT2D eigenvalue weighted by Crippen LogP contribution is -2.24. The number of hydrazone groups is 1. The maximum Gasteiger partial charge on any atom is 0.277 e. The third-order valence-electron chi connectivity index (χ3n) is 3.14. The molecule has 138 valence electrons. The van der Waals surface area contributed by atoms with Gasteiger partial charge in [-0.15, -0.1) is 0 Å². The summed E-state index contributed by atoms with van der Waals surface area (Å²) in [5.41, 5.74) is 3.12. The first-order valence-electron chi connectivity index (χ1n) is 7.74. The van der Waals surface area contributed by atoms with Gasteiger partial charge in [-0.05, 0) is 48.9 Å². The van der Waals surface area contributed by atoms with Crippen molar-refractivity contribution in [3.63, 3.8) is 0 Å². The highest BCUT2D eigenvalue weighted by molar-refractivity contribution is 6.35. The number of hydrogen-bond donors (Lipinski definition) is 1. The highest BCUT2D eigenvalue weighted by atomic mass is 35.5. The molecule has 0 saturated heterocycles. The summed E-state index contributed by atoms with van der Waals surface area (Å²) >= 11 is 11.8. The van der Waals surface area contributed by atoms with Crippen molar-refractivity contribution in [2.45, 2.75) is 6.92 Å². The summed E-state index contributed by atoms with van der Waals surface area (Å²) < 4.78 is 16.0. The zero-order valence-electron chi connectivity index (χ0n) is 14.3. The van der Waals surface area contributed by atoms with Gasteiger partial charge in [0.05, 0.1) is 25.0 Å². The Morgan fingerprint density at radius 1 is 1.12 bits per heavy atom. The van der Waals surface area contributed by atoms with Gasteiger partial charge in [-0.3, -0.25) is 4.79 Å². The summed E-state index contributed by atoms with van der Waals surface area (Å²) in [6, 6.07) is 10.1. The minimum Gasteiger partial charge on any atom is -0.493 e. The van der Waals surface area contributed by atoms with Crippen molar-refractivity contribution in [1.29, 1.82) is 0 Å². The van der Waals surface area contributed by atoms with Crippen molar-refractivity contribution in [2.24, 2.45) is 5.10 Å². The molecule has 1 amide bonds. The zero-order valence-corrected chi connectivity index (χ0v) is 15.8. The van der Waals surface area contributed by atoms with Crippen LogP contribution in [0.1, 0.15) is 12.5 Å². The molecule has 2 aromatic carbocycles. The number of halogens is 2. The van der Waals surface area contributed by atoms with Gasteiger partial charge in [0.2, 0.25) is 0 Å². The van der Waals surface area contributed by atoms with E-state index in [-0.39, 0.29) is 6.61 Å². The van der Waals surface area contributed by atoms with Crippen LogP contribution in [0.2, 0.25) is 10.0 Å². The fraction of sp³-hybridized carbons (Fsp3) is 0.222. The first-order valence-corrected chi connectivity index (χ1v) is 8.49. The number of carbonyl (C=O) groups excluding carboxylic acids is 1. The van der Waals surface area contributed by atoms with Gasteiger partial charge in [0, 0.05) is 5.02 Å². The van der Waals surface area contributed by atoms with E-state index in [1.165, 1.54) is 12.3 Å². The first-order chi connectivity index (χ1) is 12.5. The molecule has 0 aliphatic carbocycles. The van der Waals surface area contributed by atoms with Crippen molar-refractivity contribution >= 4 is 35.3 Å². The normalized spacial score (nSPS) is 10.6. The van der Waals surface area contributed by atoms with E-state index in [0.29, 0.717) is 33.9 Å². The summed E-state index contributed by atoms with van der Waals surface area (Å²) in [6.07, 6.45) is 1.50. The topological polar surface area (TPSA) is 69.2 Å². The lowest BCUT2D eigenvalue weighted by atomic mass is 10.2. The molecule has 0 saturated carbocycles. The average Bonchev–Trinajstić information content (AvgIpc) is 2.61. The number of methoxy groups -OCH3 is 1. The molecule has 0 aliphatic rings. The third-order valence-corrected chi connectivity index (χ3v) is 3.67. The average molecular weight is 397 g/mol. The van der Waals surface area contributed by atoms with E-state index in [1.807, 2.05) is 6.92 Å². The second-order valence-electron chi connectivity index (χ2n) is 5.00. The summed E-state index contributed by atoms with van der Waals surface area (Å²) in [4.78, 5) is 11.8. The minimum atomic E-state index is -0.425. The van der Waals surface area contributed by atoms with E-state index in [0.717, 1.165) is 5.56 Å². The molecule has 0 spiro atoms. The Morgan fingerprint density at radius 2 is 1.88 bits per heavy atom. The van der Waals surface area contributed by atoms with Gasteiger partial charge >= 0.3 is 0 Å². The summed E-state index contributed by atoms with van der Waals surface area (Å²) in [7, 11) is 1.57. The predicted octanol–water partition coefficient (Wildman–Crippen LogP) is 3.93. The van der Waals surface area contributed by atoms with Crippen molar-refractivity contribution in [3.05, 3.63) is 52.0 Å². The predicted molar refractivity (Wildman–Crippen MR) is 102 cm³/mol. The lowest BCUT2D eigenvalue weighted by molar-refractivity contribution is -0.123. The van der Waals surface area contributed by atoms with Gasteiger partial charge in [-0.1, -0.05) is 23.2 Å². The molecule has 8 heteroatoms. The highest BCUT2D eigenvalue weighted by Gasteiger charge is 2.06. The van der Waals surface area contributed by atoms with Crippen LogP contribution in [-0.2, 0) is 4.79 Å². The van der Waals surface area contributed by atoms with Crippen LogP contribution in [0.5, 0.6) is 17.2 Å². The van der Waals surface area contributed by atoms with Crippen LogP contribution in [-0.4, -0.2) is 32.4 Å². The van der Waals surface area contributed by atoms with E-state index >= 15 is 0 Å². The first kappa shape index (κ1) is 19.9. The summed E-state index contributed by atoms with van der Waals surface area (Å²) in [6.45, 7) is 2.16. The monoisotopic (exact) mass is 396 g/mol. The van der Waals surface area contributed by atoms with Crippen LogP contribution >= 0.6 is 23.2 Å². The second kappa shape index (κ2) is 9.89. The number of nitrogens with zero attached hydrogens (tertiary/aromatic N) is 1. The Labute approximate surface area is 161 Å². The fourth-order valence-corrected chi connectivity index (χ4v) is 2.45. The Bertz CT molecular complexity index is 797. The maximum absolute atomic E-state index is 11.8. The number of hydrogen-bond acceptors (Lipinski definition) is 5. The van der Waals surface area contributed by atoms with E-state index in [1.54, 1.807) is 37.4 Å². The molecule has 0 radical (unpaired) electrons. The number of ether oxygens (including phenoxy) is 3. The van der Waals surface area contributed by atoms with Gasteiger partial charge < -0.3 is 14.2 Å². The van der Waals surface area contributed by atoms with E-state index < -0.39 is 5.91 Å². The van der Waals surface area contributed by atoms with Gasteiger partial charge in [0.1, 0.15) is 5.75 Å². The van der Waals surface area contributed by atoms with Gasteiger partial charge in [-0.2, -0.15) is 5.10 Å². The Kier molecular flexibility index (Phi) is 7.56. The Morgan fingerprint density at radius 3 is 2.58 bits per heavy atom. The van der Waals surface area contributed by atoms with Crippen molar-refractivity contribution in [1.82, 2.24) is 5.43 Å². The number of amides is 1. The van der Waals surface area contributed by atoms with Crippen molar-refractivity contribution in [3.8, 4) is 17.2 Å². The molecule has 0 fully saturated rings. The molecule has 6 nitrogen and oxygen atoms in total.